The van der Waals surface area contributed by atoms with E-state index in [0.717, 1.165) is 31.1 Å². The number of hydrogen-bond donors (Lipinski definition) is 1. The lowest BCUT2D eigenvalue weighted by atomic mass is 9.91. The highest BCUT2D eigenvalue weighted by atomic mass is 28.3. The van der Waals surface area contributed by atoms with E-state index in [2.05, 4.69) is 47.8 Å². The molecule has 2 saturated heterocycles. The normalized spacial score (nSPS) is 22.1. The molecule has 17 heteroatoms. The van der Waals surface area contributed by atoms with Crippen LogP contribution in [0.3, 0.4) is 0 Å². The Kier molecular flexibility index (Phi) is 10.8. The molecule has 2 aromatic heterocycles. The minimum absolute atomic E-state index is 0.0328. The predicted octanol–water partition coefficient (Wildman–Crippen LogP) is 5.89. The number of carbonyl (C=O) groups is 1. The second kappa shape index (κ2) is 15.2. The molecule has 0 aliphatic carbocycles. The van der Waals surface area contributed by atoms with E-state index in [1.54, 1.807) is 14.1 Å². The van der Waals surface area contributed by atoms with Gasteiger partial charge in [0.2, 0.25) is 0 Å². The van der Waals surface area contributed by atoms with Gasteiger partial charge in [0.15, 0.2) is 11.5 Å². The van der Waals surface area contributed by atoms with E-state index >= 15 is 4.39 Å². The lowest BCUT2D eigenvalue weighted by molar-refractivity contribution is -0.140. The zero-order valence-corrected chi connectivity index (χ0v) is 34.0. The minimum atomic E-state index is -4.97. The summed E-state index contributed by atoms with van der Waals surface area (Å²) >= 11 is 0. The van der Waals surface area contributed by atoms with Crippen molar-refractivity contribution >= 4 is 25.5 Å². The van der Waals surface area contributed by atoms with Gasteiger partial charge in [-0.3, -0.25) is 14.4 Å². The first kappa shape index (κ1) is 40.5. The van der Waals surface area contributed by atoms with E-state index in [0.29, 0.717) is 55.1 Å². The Labute approximate surface area is 330 Å². The smallest absolute Gasteiger partial charge is 0.418 e. The number of hydrogen-bond acceptors (Lipinski definition) is 9. The van der Waals surface area contributed by atoms with E-state index < -0.39 is 60.3 Å². The van der Waals surface area contributed by atoms with Crippen LogP contribution in [-0.2, 0) is 37.0 Å². The Morgan fingerprint density at radius 3 is 2.63 bits per heavy atom. The fourth-order valence-electron chi connectivity index (χ4n) is 8.37. The van der Waals surface area contributed by atoms with Crippen molar-refractivity contribution in [3.8, 4) is 29.3 Å². The Morgan fingerprint density at radius 1 is 1.16 bits per heavy atom. The highest BCUT2D eigenvalue weighted by molar-refractivity contribution is 6.83. The highest BCUT2D eigenvalue weighted by Crippen LogP contribution is 2.45. The monoisotopic (exact) mass is 810 g/mol. The summed E-state index contributed by atoms with van der Waals surface area (Å²) in [7, 11) is 1.42. The van der Waals surface area contributed by atoms with E-state index in [-0.39, 0.29) is 43.8 Å². The molecule has 57 heavy (non-hydrogen) atoms. The first-order valence-electron chi connectivity index (χ1n) is 19.1. The maximum Gasteiger partial charge on any atom is 0.418 e. The molecule has 1 aromatic carbocycles. The zero-order chi connectivity index (χ0) is 41.0. The quantitative estimate of drug-likeness (QED) is 0.141. The van der Waals surface area contributed by atoms with E-state index in [1.165, 1.54) is 11.8 Å². The van der Waals surface area contributed by atoms with Crippen LogP contribution in [0.5, 0.6) is 6.01 Å². The molecule has 2 fully saturated rings. The van der Waals surface area contributed by atoms with Gasteiger partial charge in [-0.25, -0.2) is 8.78 Å². The summed E-state index contributed by atoms with van der Waals surface area (Å²) in [6.45, 7) is 9.85. The molecule has 0 unspecified atom stereocenters. The van der Waals surface area contributed by atoms with E-state index in [1.807, 2.05) is 9.58 Å². The first-order valence-corrected chi connectivity index (χ1v) is 22.6. The summed E-state index contributed by atoms with van der Waals surface area (Å²) in [4.78, 5) is 28.6. The summed E-state index contributed by atoms with van der Waals surface area (Å²) in [6, 6.07) is 0.858. The Balaban J connectivity index is 1.33. The number of benzene rings is 1. The number of rotatable bonds is 6. The molecule has 3 aromatic rings. The van der Waals surface area contributed by atoms with Crippen LogP contribution in [-0.4, -0.2) is 95.6 Å². The number of alkyl halides is 4. The molecule has 304 valence electrons. The number of halogens is 5. The van der Waals surface area contributed by atoms with Gasteiger partial charge in [-0.1, -0.05) is 31.5 Å². The largest absolute Gasteiger partial charge is 0.461 e. The Morgan fingerprint density at radius 2 is 1.93 bits per heavy atom. The zero-order valence-electron chi connectivity index (χ0n) is 33.0. The third-order valence-corrected chi connectivity index (χ3v) is 11.8. The number of anilines is 2. The first-order chi connectivity index (χ1) is 26.9. The molecule has 0 bridgehead atoms. The number of aromatic nitrogens is 4. The molecule has 4 aliphatic rings. The van der Waals surface area contributed by atoms with Gasteiger partial charge in [0, 0.05) is 63.3 Å². The fraction of sp³-hybridized carbons (Fsp3) is 0.550. The van der Waals surface area contributed by atoms with E-state index in [4.69, 9.17) is 30.3 Å². The summed E-state index contributed by atoms with van der Waals surface area (Å²) in [6.07, 6.45) is -5.10. The van der Waals surface area contributed by atoms with Crippen LogP contribution < -0.4 is 15.4 Å². The average Bonchev–Trinajstić information content (AvgIpc) is 3.72. The van der Waals surface area contributed by atoms with Crippen molar-refractivity contribution in [3.05, 3.63) is 56.8 Å². The van der Waals surface area contributed by atoms with Crippen molar-refractivity contribution in [2.75, 3.05) is 51.0 Å². The maximum absolute atomic E-state index is 15.8. The topological polar surface area (TPSA) is 115 Å². The van der Waals surface area contributed by atoms with Crippen molar-refractivity contribution in [2.24, 2.45) is 0 Å². The van der Waals surface area contributed by atoms with E-state index in [9.17, 15) is 22.4 Å². The molecule has 0 spiro atoms. The molecular weight excluding hydrogens is 764 g/mol. The van der Waals surface area contributed by atoms with Crippen LogP contribution in [0.4, 0.5) is 33.5 Å². The number of ether oxygens (including phenoxy) is 2. The second-order valence-corrected chi connectivity index (χ2v) is 21.2. The molecule has 0 saturated carbocycles. The number of aryl methyl sites for hydroxylation is 1. The number of nitrogens with two attached hydrogens (primary N) is 1. The van der Waals surface area contributed by atoms with Gasteiger partial charge in [0.25, 0.3) is 5.91 Å². The lowest BCUT2D eigenvalue weighted by Gasteiger charge is -2.33. The molecule has 2 N–H and O–H groups in total. The summed E-state index contributed by atoms with van der Waals surface area (Å²) in [5.41, 5.74) is 8.18. The van der Waals surface area contributed by atoms with Crippen molar-refractivity contribution < 1.29 is 36.2 Å². The van der Waals surface area contributed by atoms with Crippen molar-refractivity contribution in [3.63, 3.8) is 0 Å². The van der Waals surface area contributed by atoms with Gasteiger partial charge >= 0.3 is 12.2 Å². The molecular formula is C40H47F5N8O3Si. The van der Waals surface area contributed by atoms with Crippen LogP contribution in [0.15, 0.2) is 6.07 Å². The van der Waals surface area contributed by atoms with Crippen molar-refractivity contribution in [2.45, 2.75) is 102 Å². The number of fused-ring (bicyclic) bond motifs is 3. The molecule has 11 nitrogen and oxygen atoms in total. The third kappa shape index (κ3) is 7.94. The van der Waals surface area contributed by atoms with Crippen LogP contribution in [0.2, 0.25) is 19.6 Å². The average molecular weight is 811 g/mol. The molecule has 4 aliphatic heterocycles. The van der Waals surface area contributed by atoms with Gasteiger partial charge in [-0.15, -0.1) is 11.5 Å². The maximum atomic E-state index is 15.8. The van der Waals surface area contributed by atoms with Crippen molar-refractivity contribution in [1.82, 2.24) is 29.5 Å². The highest BCUT2D eigenvalue weighted by Gasteiger charge is 2.50. The molecule has 3 atom stereocenters. The summed E-state index contributed by atoms with van der Waals surface area (Å²) in [5, 5.41) is 4.73. The fourth-order valence-corrected chi connectivity index (χ4v) is 8.87. The van der Waals surface area contributed by atoms with Gasteiger partial charge < -0.3 is 25.0 Å². The van der Waals surface area contributed by atoms with Gasteiger partial charge in [0.05, 0.1) is 53.0 Å². The Bertz CT molecular complexity index is 2220. The number of amides is 1. The molecule has 7 rings (SSSR count). The standard InChI is InChI=1S/C40H47F5N8O3Si/c1-7-10-24-17-28(46)34(42)32(33(24)40(43,44)45)31-18-29-27(22-55-31)36(48-38(47-29)56-23-39-12-8-14-52(39)20-25(41)19-39)51-13-9-15-53-30(21-51)26(11-16-57(4,5)6)35(49-53)37(54)50(2)3/h17,25,31H,8-9,12-15,18-23,46H2,1-6H3/t25-,31-,39+/m1/s1. The van der Waals surface area contributed by atoms with Crippen LogP contribution in [0.25, 0.3) is 0 Å². The number of nitrogens with zero attached hydrogens (tertiary/aromatic N) is 7. The molecule has 1 amide bonds. The van der Waals surface area contributed by atoms with Crippen LogP contribution in [0.1, 0.15) is 88.4 Å². The van der Waals surface area contributed by atoms with Gasteiger partial charge in [0.1, 0.15) is 26.7 Å². The lowest BCUT2D eigenvalue weighted by Crippen LogP contribution is -2.43. The van der Waals surface area contributed by atoms with Crippen LogP contribution >= 0.6 is 0 Å². The number of carbonyl (C=O) groups excluding carboxylic acids is 1. The third-order valence-electron chi connectivity index (χ3n) is 10.9. The second-order valence-electron chi connectivity index (χ2n) is 16.5. The minimum Gasteiger partial charge on any atom is -0.461 e. The summed E-state index contributed by atoms with van der Waals surface area (Å²) < 4.78 is 88.9. The van der Waals surface area contributed by atoms with Crippen LogP contribution in [0, 0.1) is 29.1 Å². The van der Waals surface area contributed by atoms with Gasteiger partial charge in [-0.05, 0) is 38.8 Å². The van der Waals surface area contributed by atoms with Crippen molar-refractivity contribution in [1.29, 1.82) is 0 Å². The number of nitrogen functional groups attached to an aromatic ring is 1. The Hall–Kier alpha value is -4.71. The molecule has 6 heterocycles. The van der Waals surface area contributed by atoms with Gasteiger partial charge in [-0.2, -0.15) is 28.2 Å². The molecule has 0 radical (unpaired) electrons. The SMILES string of the molecule is CC#Cc1cc(N)c(F)c([C@H]2Cc3nc(OC[C@@]45CCCN4C[C@H](F)C5)nc(N4CCCn5nc(C(=O)N(C)C)c(C#C[Si](C)(C)C)c5C4)c3CO2)c1C(F)(F)F. The summed E-state index contributed by atoms with van der Waals surface area (Å²) in [5.74, 6) is 7.11. The predicted molar refractivity (Wildman–Crippen MR) is 206 cm³/mol.